The number of para-hydroxylation sites is 1. The zero-order valence-corrected chi connectivity index (χ0v) is 20.8. The lowest BCUT2D eigenvalue weighted by Gasteiger charge is -2.13. The van der Waals surface area contributed by atoms with Gasteiger partial charge in [0, 0.05) is 12.8 Å². The monoisotopic (exact) mass is 461 g/mol. The van der Waals surface area contributed by atoms with Gasteiger partial charge in [-0.25, -0.2) is 0 Å². The molecule has 34 heavy (non-hydrogen) atoms. The zero-order valence-electron chi connectivity index (χ0n) is 20.8. The Morgan fingerprint density at radius 1 is 0.912 bits per heavy atom. The Balaban J connectivity index is 0.000000248. The van der Waals surface area contributed by atoms with Gasteiger partial charge < -0.3 is 19.6 Å². The largest absolute Gasteiger partial charge is 0.496 e. The molecule has 1 atom stereocenters. The van der Waals surface area contributed by atoms with Crippen LogP contribution in [0.25, 0.3) is 0 Å². The van der Waals surface area contributed by atoms with E-state index in [1.165, 1.54) is 19.6 Å². The van der Waals surface area contributed by atoms with Crippen LogP contribution in [0.5, 0.6) is 17.2 Å². The molecule has 0 amide bonds. The second-order valence-corrected chi connectivity index (χ2v) is 7.82. The number of nitrogens with one attached hydrogen (secondary N) is 1. The maximum Gasteiger partial charge on any atom is 0.163 e. The van der Waals surface area contributed by atoms with Gasteiger partial charge in [-0.15, -0.1) is 0 Å². The van der Waals surface area contributed by atoms with Crippen molar-refractivity contribution in [3.8, 4) is 17.2 Å². The molecule has 0 aliphatic carbocycles. The lowest BCUT2D eigenvalue weighted by Crippen LogP contribution is -2.10. The van der Waals surface area contributed by atoms with Crippen LogP contribution in [-0.4, -0.2) is 25.7 Å². The average Bonchev–Trinajstić information content (AvgIpc) is 2.85. The molecule has 0 aromatic heterocycles. The van der Waals surface area contributed by atoms with E-state index < -0.39 is 6.10 Å². The van der Waals surface area contributed by atoms with Crippen molar-refractivity contribution in [1.82, 2.24) is 0 Å². The third-order valence-corrected chi connectivity index (χ3v) is 5.26. The summed E-state index contributed by atoms with van der Waals surface area (Å²) in [5.74, 6) is 2.32. The number of Topliss-reactive ketones (excluding diaryl/α,β-unsaturated/α-hetero) is 1. The highest BCUT2D eigenvalue weighted by Crippen LogP contribution is 2.26. The van der Waals surface area contributed by atoms with Crippen molar-refractivity contribution in [3.05, 3.63) is 89.5 Å². The molecule has 3 aromatic rings. The number of rotatable bonds is 10. The van der Waals surface area contributed by atoms with Gasteiger partial charge in [0.25, 0.3) is 0 Å². The molecule has 0 saturated heterocycles. The molecule has 5 nitrogen and oxygen atoms in total. The van der Waals surface area contributed by atoms with Crippen LogP contribution in [0.3, 0.4) is 0 Å². The van der Waals surface area contributed by atoms with E-state index in [4.69, 9.17) is 19.6 Å². The first-order valence-corrected chi connectivity index (χ1v) is 11.5. The molecule has 0 saturated carbocycles. The Hall–Kier alpha value is -3.44. The predicted octanol–water partition coefficient (Wildman–Crippen LogP) is 7.18. The van der Waals surface area contributed by atoms with Gasteiger partial charge in [0.05, 0.1) is 7.11 Å². The molecule has 3 aromatic carbocycles. The van der Waals surface area contributed by atoms with Crippen LogP contribution < -0.4 is 9.47 Å². The number of benzene rings is 3. The van der Waals surface area contributed by atoms with E-state index in [0.717, 1.165) is 41.9 Å². The van der Waals surface area contributed by atoms with Crippen LogP contribution in [0, 0.1) is 5.41 Å². The number of aryl methyl sites for hydroxylation is 1. The van der Waals surface area contributed by atoms with Gasteiger partial charge in [-0.3, -0.25) is 4.79 Å². The third kappa shape index (κ3) is 7.85. The minimum absolute atomic E-state index is 0.0284. The van der Waals surface area contributed by atoms with Crippen molar-refractivity contribution in [3.63, 3.8) is 0 Å². The van der Waals surface area contributed by atoms with Gasteiger partial charge >= 0.3 is 0 Å². The second-order valence-electron chi connectivity index (χ2n) is 7.82. The summed E-state index contributed by atoms with van der Waals surface area (Å²) in [6, 6.07) is 22.9. The minimum atomic E-state index is -0.542. The van der Waals surface area contributed by atoms with E-state index in [1.807, 2.05) is 66.7 Å². The highest BCUT2D eigenvalue weighted by atomic mass is 16.5. The van der Waals surface area contributed by atoms with Crippen molar-refractivity contribution in [2.24, 2.45) is 0 Å². The zero-order chi connectivity index (χ0) is 24.9. The molecule has 0 fully saturated rings. The fraction of sp³-hybridized carbons (Fsp3) is 0.310. The average molecular weight is 462 g/mol. The number of carbonyl (C=O) groups is 1. The summed E-state index contributed by atoms with van der Waals surface area (Å²) in [5, 5.41) is 7.87. The Bertz CT molecular complexity index is 1060. The molecule has 3 rings (SSSR count). The first-order chi connectivity index (χ1) is 16.4. The highest BCUT2D eigenvalue weighted by molar-refractivity contribution is 5.98. The fourth-order valence-electron chi connectivity index (χ4n) is 3.52. The molecule has 0 spiro atoms. The van der Waals surface area contributed by atoms with Crippen molar-refractivity contribution < 1.29 is 19.0 Å². The first kappa shape index (κ1) is 26.8. The molecule has 0 bridgehead atoms. The van der Waals surface area contributed by atoms with Crippen LogP contribution in [0.2, 0.25) is 0 Å². The summed E-state index contributed by atoms with van der Waals surface area (Å²) in [7, 11) is 3.21. The summed E-state index contributed by atoms with van der Waals surface area (Å²) >= 11 is 0. The molecule has 1 unspecified atom stereocenters. The summed E-state index contributed by atoms with van der Waals surface area (Å²) < 4.78 is 16.2. The summed E-state index contributed by atoms with van der Waals surface area (Å²) in [6.45, 7) is 5.71. The predicted molar refractivity (Wildman–Crippen MR) is 137 cm³/mol. The van der Waals surface area contributed by atoms with Gasteiger partial charge in [-0.1, -0.05) is 62.7 Å². The normalized spacial score (nSPS) is 11.1. The van der Waals surface area contributed by atoms with Crippen molar-refractivity contribution >= 4 is 11.5 Å². The minimum Gasteiger partial charge on any atom is -0.496 e. The molecule has 180 valence electrons. The lowest BCUT2D eigenvalue weighted by atomic mass is 10.0. The van der Waals surface area contributed by atoms with Crippen LogP contribution in [-0.2, 0) is 16.0 Å². The van der Waals surface area contributed by atoms with Gasteiger partial charge in [-0.2, -0.15) is 0 Å². The molecule has 0 radical (unpaired) electrons. The van der Waals surface area contributed by atoms with E-state index in [9.17, 15) is 4.79 Å². The van der Waals surface area contributed by atoms with E-state index in [0.29, 0.717) is 11.5 Å². The van der Waals surface area contributed by atoms with Crippen LogP contribution in [0.4, 0.5) is 0 Å². The number of ketones is 1. The standard InChI is InChI=1S/C16H16O3.C13H19NO/c1-12(17)16(18-2)13-7-6-10-15(11-13)19-14-8-4-3-5-9-14;1-4-6-12(14)11-8-7-10(5-2)13(9-11)15-3/h3-11,16H,1-2H3;7-9,14H,4-6H2,1-3H3. The number of methoxy groups -OCH3 is 2. The van der Waals surface area contributed by atoms with E-state index in [1.54, 1.807) is 7.11 Å². The van der Waals surface area contributed by atoms with Gasteiger partial charge in [0.1, 0.15) is 23.4 Å². The van der Waals surface area contributed by atoms with Crippen LogP contribution in [0.1, 0.15) is 56.4 Å². The third-order valence-electron chi connectivity index (χ3n) is 5.26. The van der Waals surface area contributed by atoms with Gasteiger partial charge in [0.2, 0.25) is 0 Å². The fourth-order valence-corrected chi connectivity index (χ4v) is 3.52. The maximum absolute atomic E-state index is 11.5. The molecule has 0 heterocycles. The second kappa shape index (κ2) is 14.0. The number of hydrogen-bond acceptors (Lipinski definition) is 5. The Kier molecular flexibility index (Phi) is 11.0. The maximum atomic E-state index is 11.5. The number of hydrogen-bond donors (Lipinski definition) is 1. The van der Waals surface area contributed by atoms with E-state index >= 15 is 0 Å². The highest BCUT2D eigenvalue weighted by Gasteiger charge is 2.16. The molecular formula is C29H35NO4. The van der Waals surface area contributed by atoms with Crippen molar-refractivity contribution in [2.45, 2.75) is 46.1 Å². The number of ether oxygens (including phenoxy) is 3. The van der Waals surface area contributed by atoms with Gasteiger partial charge in [-0.05, 0) is 66.8 Å². The van der Waals surface area contributed by atoms with Crippen molar-refractivity contribution in [1.29, 1.82) is 5.41 Å². The SMILES string of the molecule is CCCC(=N)c1ccc(CC)c(OC)c1.COC(C(C)=O)c1cccc(Oc2ccccc2)c1. The molecule has 1 N–H and O–H groups in total. The smallest absolute Gasteiger partial charge is 0.163 e. The Morgan fingerprint density at radius 3 is 2.21 bits per heavy atom. The number of carbonyl (C=O) groups excluding carboxylic acids is 1. The molecule has 0 aliphatic rings. The van der Waals surface area contributed by atoms with Crippen LogP contribution in [0.15, 0.2) is 72.8 Å². The van der Waals surface area contributed by atoms with Crippen molar-refractivity contribution in [2.75, 3.05) is 14.2 Å². The Labute approximate surface area is 203 Å². The molecule has 0 aliphatic heterocycles. The molecule has 5 heteroatoms. The summed E-state index contributed by atoms with van der Waals surface area (Å²) in [6.07, 6.45) is 2.26. The quantitative estimate of drug-likeness (QED) is 0.325. The Morgan fingerprint density at radius 2 is 1.62 bits per heavy atom. The van der Waals surface area contributed by atoms with Crippen LogP contribution >= 0.6 is 0 Å². The molecular weight excluding hydrogens is 426 g/mol. The van der Waals surface area contributed by atoms with Gasteiger partial charge in [0.15, 0.2) is 5.78 Å². The van der Waals surface area contributed by atoms with E-state index in [2.05, 4.69) is 19.9 Å². The summed E-state index contributed by atoms with van der Waals surface area (Å²) in [5.41, 5.74) is 3.67. The topological polar surface area (TPSA) is 68.6 Å². The lowest BCUT2D eigenvalue weighted by molar-refractivity contribution is -0.126. The first-order valence-electron chi connectivity index (χ1n) is 11.5. The summed E-state index contributed by atoms with van der Waals surface area (Å²) in [4.78, 5) is 11.5. The van der Waals surface area contributed by atoms with E-state index in [-0.39, 0.29) is 5.78 Å².